The summed E-state index contributed by atoms with van der Waals surface area (Å²) in [6.07, 6.45) is 0.744. The van der Waals surface area contributed by atoms with Crippen LogP contribution in [0, 0.1) is 13.8 Å². The molecule has 0 aliphatic rings. The summed E-state index contributed by atoms with van der Waals surface area (Å²) in [5.74, 6) is -0.780. The Kier molecular flexibility index (Phi) is 10.3. The highest BCUT2D eigenvalue weighted by atomic mass is 79.9. The number of hydrogen-bond acceptors (Lipinski definition) is 4. The van der Waals surface area contributed by atoms with Crippen LogP contribution in [0.25, 0.3) is 0 Å². The summed E-state index contributed by atoms with van der Waals surface area (Å²) >= 11 is 3.46. The van der Waals surface area contributed by atoms with E-state index in [1.807, 2.05) is 64.1 Å². The molecule has 0 spiro atoms. The summed E-state index contributed by atoms with van der Waals surface area (Å²) < 4.78 is 29.8. The summed E-state index contributed by atoms with van der Waals surface area (Å²) in [7, 11) is -4.09. The predicted octanol–water partition coefficient (Wildman–Crippen LogP) is 5.59. The number of aryl methyl sites for hydroxylation is 2. The molecule has 0 bridgehead atoms. The monoisotopic (exact) mass is 613 g/mol. The molecule has 1 N–H and O–H groups in total. The van der Waals surface area contributed by atoms with Crippen LogP contribution in [0.3, 0.4) is 0 Å². The topological polar surface area (TPSA) is 86.8 Å². The third-order valence-corrected chi connectivity index (χ3v) is 8.91. The molecular formula is C30H36BrN3O4S. The van der Waals surface area contributed by atoms with Crippen molar-refractivity contribution in [3.05, 3.63) is 94.0 Å². The van der Waals surface area contributed by atoms with Gasteiger partial charge in [0.1, 0.15) is 12.6 Å². The summed E-state index contributed by atoms with van der Waals surface area (Å²) in [6, 6.07) is 20.1. The number of nitrogens with one attached hydrogen (secondary N) is 1. The molecule has 2 amide bonds. The number of halogens is 1. The van der Waals surface area contributed by atoms with Gasteiger partial charge >= 0.3 is 0 Å². The molecule has 3 aromatic rings. The molecule has 2 atom stereocenters. The average Bonchev–Trinajstić information content (AvgIpc) is 2.90. The van der Waals surface area contributed by atoms with Crippen molar-refractivity contribution in [2.24, 2.45) is 0 Å². The van der Waals surface area contributed by atoms with Crippen LogP contribution in [0.4, 0.5) is 5.69 Å². The van der Waals surface area contributed by atoms with Gasteiger partial charge in [-0.15, -0.1) is 0 Å². The van der Waals surface area contributed by atoms with Crippen LogP contribution in [0.15, 0.2) is 82.2 Å². The molecule has 0 aromatic heterocycles. The van der Waals surface area contributed by atoms with Gasteiger partial charge in [-0.05, 0) is 75.6 Å². The lowest BCUT2D eigenvalue weighted by molar-refractivity contribution is -0.139. The first-order valence-corrected chi connectivity index (χ1v) is 15.2. The molecule has 0 saturated heterocycles. The molecule has 0 fully saturated rings. The fourth-order valence-corrected chi connectivity index (χ4v) is 6.14. The lowest BCUT2D eigenvalue weighted by Gasteiger charge is -2.33. The van der Waals surface area contributed by atoms with E-state index in [2.05, 4.69) is 21.2 Å². The number of amides is 2. The molecule has 208 valence electrons. The van der Waals surface area contributed by atoms with Crippen LogP contribution in [-0.4, -0.2) is 43.8 Å². The summed E-state index contributed by atoms with van der Waals surface area (Å²) in [6.45, 7) is 8.96. The number of hydrogen-bond donors (Lipinski definition) is 1. The van der Waals surface area contributed by atoms with Gasteiger partial charge in [0.05, 0.1) is 10.6 Å². The van der Waals surface area contributed by atoms with E-state index in [1.165, 1.54) is 17.0 Å². The molecule has 39 heavy (non-hydrogen) atoms. The van der Waals surface area contributed by atoms with Gasteiger partial charge < -0.3 is 10.2 Å². The molecule has 0 aliphatic heterocycles. The Morgan fingerprint density at radius 1 is 0.949 bits per heavy atom. The number of sulfonamides is 1. The van der Waals surface area contributed by atoms with Gasteiger partial charge in [0.25, 0.3) is 10.0 Å². The van der Waals surface area contributed by atoms with E-state index >= 15 is 0 Å². The second kappa shape index (κ2) is 13.3. The van der Waals surface area contributed by atoms with Gasteiger partial charge in [0.15, 0.2) is 0 Å². The molecule has 3 aromatic carbocycles. The van der Waals surface area contributed by atoms with Crippen LogP contribution >= 0.6 is 15.9 Å². The lowest BCUT2D eigenvalue weighted by atomic mass is 10.1. The molecule has 3 rings (SSSR count). The van der Waals surface area contributed by atoms with Crippen molar-refractivity contribution in [3.8, 4) is 0 Å². The molecular weight excluding hydrogens is 578 g/mol. The molecule has 7 nitrogen and oxygen atoms in total. The second-order valence-electron chi connectivity index (χ2n) is 9.76. The first-order valence-electron chi connectivity index (χ1n) is 12.9. The van der Waals surface area contributed by atoms with Crippen LogP contribution < -0.4 is 9.62 Å². The molecule has 9 heteroatoms. The Balaban J connectivity index is 2.05. The molecule has 0 saturated carbocycles. The zero-order valence-electron chi connectivity index (χ0n) is 23.0. The quantitative estimate of drug-likeness (QED) is 0.305. The Bertz CT molecular complexity index is 1410. The standard InChI is InChI=1S/C30H36BrN3O4S/c1-6-23(4)32-30(36)24(5)33(19-25-11-10-12-26(31)18-25)29(35)20-34(28-16-15-21(2)17-22(28)3)39(37,38)27-13-8-7-9-14-27/h7-18,23-24H,6,19-20H2,1-5H3,(H,32,36). The average molecular weight is 615 g/mol. The molecule has 0 radical (unpaired) electrons. The summed E-state index contributed by atoms with van der Waals surface area (Å²) in [5, 5.41) is 2.94. The maximum Gasteiger partial charge on any atom is 0.264 e. The predicted molar refractivity (Wildman–Crippen MR) is 159 cm³/mol. The van der Waals surface area contributed by atoms with Crippen LogP contribution in [0.5, 0.6) is 0 Å². The number of rotatable bonds is 11. The third-order valence-electron chi connectivity index (χ3n) is 6.64. The molecule has 2 unspecified atom stereocenters. The van der Waals surface area contributed by atoms with E-state index in [0.717, 1.165) is 31.9 Å². The van der Waals surface area contributed by atoms with Crippen LogP contribution in [-0.2, 0) is 26.2 Å². The summed E-state index contributed by atoms with van der Waals surface area (Å²) in [4.78, 5) is 28.7. The summed E-state index contributed by atoms with van der Waals surface area (Å²) in [5.41, 5.74) is 2.93. The highest BCUT2D eigenvalue weighted by molar-refractivity contribution is 9.10. The second-order valence-corrected chi connectivity index (χ2v) is 12.5. The number of anilines is 1. The number of carbonyl (C=O) groups excluding carboxylic acids is 2. The van der Waals surface area contributed by atoms with Crippen molar-refractivity contribution in [2.75, 3.05) is 10.8 Å². The largest absolute Gasteiger partial charge is 0.352 e. The van der Waals surface area contributed by atoms with Gasteiger partial charge in [0, 0.05) is 17.1 Å². The molecule has 0 heterocycles. The number of benzene rings is 3. The minimum Gasteiger partial charge on any atom is -0.352 e. The fraction of sp³-hybridized carbons (Fsp3) is 0.333. The van der Waals surface area contributed by atoms with Gasteiger partial charge in [-0.25, -0.2) is 8.42 Å². The van der Waals surface area contributed by atoms with Crippen molar-refractivity contribution in [3.63, 3.8) is 0 Å². The molecule has 0 aliphatic carbocycles. The highest BCUT2D eigenvalue weighted by Crippen LogP contribution is 2.28. The van der Waals surface area contributed by atoms with Crippen molar-refractivity contribution in [2.45, 2.75) is 64.6 Å². The SMILES string of the molecule is CCC(C)NC(=O)C(C)N(Cc1cccc(Br)c1)C(=O)CN(c1ccc(C)cc1C)S(=O)(=O)c1ccccc1. The van der Waals surface area contributed by atoms with Gasteiger partial charge in [-0.3, -0.25) is 13.9 Å². The van der Waals surface area contributed by atoms with Gasteiger partial charge in [0.2, 0.25) is 11.8 Å². The van der Waals surface area contributed by atoms with E-state index in [1.54, 1.807) is 31.2 Å². The first kappa shape index (κ1) is 30.4. The Labute approximate surface area is 240 Å². The van der Waals surface area contributed by atoms with Crippen LogP contribution in [0.1, 0.15) is 43.9 Å². The minimum absolute atomic E-state index is 0.0621. The van der Waals surface area contributed by atoms with Gasteiger partial charge in [-0.2, -0.15) is 0 Å². The Hall–Kier alpha value is -3.17. The third kappa shape index (κ3) is 7.70. The van der Waals surface area contributed by atoms with Crippen molar-refractivity contribution < 1.29 is 18.0 Å². The van der Waals surface area contributed by atoms with Crippen molar-refractivity contribution in [1.82, 2.24) is 10.2 Å². The van der Waals surface area contributed by atoms with E-state index < -0.39 is 28.5 Å². The maximum atomic E-state index is 14.0. The van der Waals surface area contributed by atoms with E-state index in [-0.39, 0.29) is 23.4 Å². The van der Waals surface area contributed by atoms with Crippen molar-refractivity contribution in [1.29, 1.82) is 0 Å². The Morgan fingerprint density at radius 2 is 1.64 bits per heavy atom. The van der Waals surface area contributed by atoms with Gasteiger partial charge in [-0.1, -0.05) is 70.9 Å². The van der Waals surface area contributed by atoms with Crippen molar-refractivity contribution >= 4 is 43.5 Å². The zero-order valence-corrected chi connectivity index (χ0v) is 25.4. The zero-order chi connectivity index (χ0) is 28.7. The first-order chi connectivity index (χ1) is 18.4. The maximum absolute atomic E-state index is 14.0. The smallest absolute Gasteiger partial charge is 0.264 e. The highest BCUT2D eigenvalue weighted by Gasteiger charge is 2.33. The lowest BCUT2D eigenvalue weighted by Crippen LogP contribution is -2.52. The van der Waals surface area contributed by atoms with E-state index in [0.29, 0.717) is 5.69 Å². The number of carbonyl (C=O) groups is 2. The minimum atomic E-state index is -4.09. The Morgan fingerprint density at radius 3 is 2.26 bits per heavy atom. The van der Waals surface area contributed by atoms with Crippen LogP contribution in [0.2, 0.25) is 0 Å². The number of nitrogens with zero attached hydrogens (tertiary/aromatic N) is 2. The van der Waals surface area contributed by atoms with E-state index in [4.69, 9.17) is 0 Å². The normalized spacial score (nSPS) is 12.9. The van der Waals surface area contributed by atoms with E-state index in [9.17, 15) is 18.0 Å². The fourth-order valence-electron chi connectivity index (χ4n) is 4.20.